The molecule has 1 heteroatoms. The summed E-state index contributed by atoms with van der Waals surface area (Å²) in [6.07, 6.45) is 0.918. The highest BCUT2D eigenvalue weighted by Gasteiger charge is 2.15. The largest absolute Gasteiger partial charge is 0.456 e. The molecule has 0 radical (unpaired) electrons. The van der Waals surface area contributed by atoms with E-state index in [4.69, 9.17) is 4.42 Å². The van der Waals surface area contributed by atoms with E-state index in [-0.39, 0.29) is 0 Å². The monoisotopic (exact) mass is 424 g/mol. The fourth-order valence-corrected chi connectivity index (χ4v) is 4.75. The molecule has 0 amide bonds. The quantitative estimate of drug-likeness (QED) is 0.275. The van der Waals surface area contributed by atoms with Gasteiger partial charge in [-0.15, -0.1) is 0 Å². The van der Waals surface area contributed by atoms with Gasteiger partial charge >= 0.3 is 0 Å². The number of furan rings is 1. The van der Waals surface area contributed by atoms with E-state index in [1.54, 1.807) is 0 Å². The Kier molecular flexibility index (Phi) is 4.81. The normalized spacial score (nSPS) is 11.3. The zero-order valence-corrected chi connectivity index (χ0v) is 18.6. The number of benzene rings is 5. The van der Waals surface area contributed by atoms with Crippen LogP contribution in [0.5, 0.6) is 0 Å². The van der Waals surface area contributed by atoms with Crippen LogP contribution in [0.15, 0.2) is 120 Å². The Bertz CT molecular complexity index is 1590. The zero-order chi connectivity index (χ0) is 22.2. The van der Waals surface area contributed by atoms with Crippen LogP contribution in [0.25, 0.3) is 44.2 Å². The Hall–Kier alpha value is -4.10. The maximum Gasteiger partial charge on any atom is 0.136 e. The maximum absolute atomic E-state index is 6.33. The van der Waals surface area contributed by atoms with Crippen LogP contribution in [0.1, 0.15) is 16.7 Å². The first-order valence-corrected chi connectivity index (χ1v) is 11.4. The molecule has 6 rings (SSSR count). The number of hydrogen-bond acceptors (Lipinski definition) is 1. The number of aryl methyl sites for hydroxylation is 1. The second-order valence-corrected chi connectivity index (χ2v) is 8.73. The lowest BCUT2D eigenvalue weighted by Gasteiger charge is -2.11. The number of rotatable bonds is 4. The van der Waals surface area contributed by atoms with Gasteiger partial charge in [0.2, 0.25) is 0 Å². The molecular formula is C32H24O. The first kappa shape index (κ1) is 19.6. The Morgan fingerprint density at radius 3 is 2.18 bits per heavy atom. The molecule has 0 fully saturated rings. The lowest BCUT2D eigenvalue weighted by molar-refractivity contribution is 0.669. The smallest absolute Gasteiger partial charge is 0.136 e. The molecule has 1 nitrogen and oxygen atoms in total. The van der Waals surface area contributed by atoms with Crippen molar-refractivity contribution >= 4 is 21.9 Å². The molecule has 0 unspecified atom stereocenters. The molecule has 158 valence electrons. The summed E-state index contributed by atoms with van der Waals surface area (Å²) in [5.41, 5.74) is 10.5. The van der Waals surface area contributed by atoms with Crippen molar-refractivity contribution in [2.45, 2.75) is 13.3 Å². The Morgan fingerprint density at radius 2 is 1.30 bits per heavy atom. The Balaban J connectivity index is 1.57. The van der Waals surface area contributed by atoms with Gasteiger partial charge in [-0.3, -0.25) is 0 Å². The Morgan fingerprint density at radius 1 is 0.545 bits per heavy atom. The van der Waals surface area contributed by atoms with Gasteiger partial charge < -0.3 is 4.42 Å². The van der Waals surface area contributed by atoms with E-state index in [1.165, 1.54) is 44.3 Å². The van der Waals surface area contributed by atoms with Gasteiger partial charge in [0.1, 0.15) is 11.2 Å². The van der Waals surface area contributed by atoms with Crippen molar-refractivity contribution in [3.8, 4) is 22.3 Å². The first-order chi connectivity index (χ1) is 16.2. The molecule has 5 aromatic carbocycles. The SMILES string of the molecule is Cc1cccc(-c2cc(-c3cccc(Cc4ccccc4)c3)c3c(c2)oc2ccccc23)c1. The predicted molar refractivity (Wildman–Crippen MR) is 139 cm³/mol. The topological polar surface area (TPSA) is 13.1 Å². The molecular weight excluding hydrogens is 400 g/mol. The van der Waals surface area contributed by atoms with Gasteiger partial charge in [-0.25, -0.2) is 0 Å². The molecule has 0 atom stereocenters. The van der Waals surface area contributed by atoms with Gasteiger partial charge in [0.15, 0.2) is 0 Å². The second kappa shape index (κ2) is 8.11. The van der Waals surface area contributed by atoms with Gasteiger partial charge in [-0.05, 0) is 64.9 Å². The fraction of sp³-hybridized carbons (Fsp3) is 0.0625. The number of para-hydroxylation sites is 1. The van der Waals surface area contributed by atoms with Gasteiger partial charge in [-0.2, -0.15) is 0 Å². The summed E-state index contributed by atoms with van der Waals surface area (Å²) in [7, 11) is 0. The Labute approximate surface area is 193 Å². The van der Waals surface area contributed by atoms with E-state index < -0.39 is 0 Å². The standard InChI is InChI=1S/C32H24O/c1-22-9-7-13-25(17-22)27-20-29(32-28-15-5-6-16-30(28)33-31(32)21-27)26-14-8-12-24(19-26)18-23-10-3-2-4-11-23/h2-17,19-21H,18H2,1H3. The van der Waals surface area contributed by atoms with Crippen LogP contribution in [0, 0.1) is 6.92 Å². The van der Waals surface area contributed by atoms with Crippen LogP contribution in [-0.2, 0) is 6.42 Å². The van der Waals surface area contributed by atoms with E-state index in [9.17, 15) is 0 Å². The van der Waals surface area contributed by atoms with E-state index in [0.29, 0.717) is 0 Å². The molecule has 6 aromatic rings. The van der Waals surface area contributed by atoms with Crippen molar-refractivity contribution in [2.75, 3.05) is 0 Å². The van der Waals surface area contributed by atoms with Gasteiger partial charge in [0.25, 0.3) is 0 Å². The van der Waals surface area contributed by atoms with Crippen molar-refractivity contribution in [1.82, 2.24) is 0 Å². The van der Waals surface area contributed by atoms with E-state index in [2.05, 4.69) is 116 Å². The third-order valence-electron chi connectivity index (χ3n) is 6.32. The van der Waals surface area contributed by atoms with Crippen molar-refractivity contribution in [1.29, 1.82) is 0 Å². The zero-order valence-electron chi connectivity index (χ0n) is 18.6. The number of hydrogen-bond donors (Lipinski definition) is 0. The van der Waals surface area contributed by atoms with Crippen molar-refractivity contribution in [2.24, 2.45) is 0 Å². The van der Waals surface area contributed by atoms with Crippen LogP contribution in [0.2, 0.25) is 0 Å². The minimum absolute atomic E-state index is 0.918. The molecule has 0 saturated carbocycles. The minimum Gasteiger partial charge on any atom is -0.456 e. The van der Waals surface area contributed by atoms with E-state index >= 15 is 0 Å². The summed E-state index contributed by atoms with van der Waals surface area (Å²) < 4.78 is 6.33. The molecule has 0 bridgehead atoms. The second-order valence-electron chi connectivity index (χ2n) is 8.73. The van der Waals surface area contributed by atoms with Gasteiger partial charge in [0.05, 0.1) is 0 Å². The summed E-state index contributed by atoms with van der Waals surface area (Å²) in [5, 5.41) is 2.34. The highest BCUT2D eigenvalue weighted by atomic mass is 16.3. The molecule has 0 aliphatic rings. The molecule has 1 aromatic heterocycles. The highest BCUT2D eigenvalue weighted by molar-refractivity contribution is 6.13. The molecule has 0 spiro atoms. The van der Waals surface area contributed by atoms with E-state index in [1.807, 2.05) is 6.07 Å². The van der Waals surface area contributed by atoms with Crippen molar-refractivity contribution < 1.29 is 4.42 Å². The predicted octanol–water partition coefficient (Wildman–Crippen LogP) is 8.82. The molecule has 0 aliphatic carbocycles. The van der Waals surface area contributed by atoms with Gasteiger partial charge in [-0.1, -0.05) is 103 Å². The maximum atomic E-state index is 6.33. The summed E-state index contributed by atoms with van der Waals surface area (Å²) in [6.45, 7) is 2.14. The summed E-state index contributed by atoms with van der Waals surface area (Å²) in [4.78, 5) is 0. The third kappa shape index (κ3) is 3.72. The summed E-state index contributed by atoms with van der Waals surface area (Å²) >= 11 is 0. The molecule has 0 N–H and O–H groups in total. The van der Waals surface area contributed by atoms with Crippen LogP contribution in [-0.4, -0.2) is 0 Å². The van der Waals surface area contributed by atoms with Crippen molar-refractivity contribution in [3.63, 3.8) is 0 Å². The average Bonchev–Trinajstić information content (AvgIpc) is 3.23. The lowest BCUT2D eigenvalue weighted by Crippen LogP contribution is -1.90. The summed E-state index contributed by atoms with van der Waals surface area (Å²) in [5.74, 6) is 0. The molecule has 0 saturated heterocycles. The highest BCUT2D eigenvalue weighted by Crippen LogP contribution is 2.40. The average molecular weight is 425 g/mol. The van der Waals surface area contributed by atoms with Crippen LogP contribution >= 0.6 is 0 Å². The minimum atomic E-state index is 0.918. The molecule has 33 heavy (non-hydrogen) atoms. The van der Waals surface area contributed by atoms with Crippen LogP contribution in [0.4, 0.5) is 0 Å². The molecule has 0 aliphatic heterocycles. The van der Waals surface area contributed by atoms with Gasteiger partial charge in [0, 0.05) is 10.8 Å². The fourth-order valence-electron chi connectivity index (χ4n) is 4.75. The van der Waals surface area contributed by atoms with Crippen LogP contribution in [0.3, 0.4) is 0 Å². The van der Waals surface area contributed by atoms with E-state index in [0.717, 1.165) is 23.0 Å². The lowest BCUT2D eigenvalue weighted by atomic mass is 9.92. The molecule has 1 heterocycles. The van der Waals surface area contributed by atoms with Crippen molar-refractivity contribution in [3.05, 3.63) is 132 Å². The van der Waals surface area contributed by atoms with Crippen LogP contribution < -0.4 is 0 Å². The third-order valence-corrected chi connectivity index (χ3v) is 6.32. The number of fused-ring (bicyclic) bond motifs is 3. The first-order valence-electron chi connectivity index (χ1n) is 11.4. The summed E-state index contributed by atoms with van der Waals surface area (Å²) in [6, 6.07) is 41.1.